The Morgan fingerprint density at radius 1 is 1.09 bits per heavy atom. The maximum atomic E-state index is 12.6. The van der Waals surface area contributed by atoms with Gasteiger partial charge >= 0.3 is 5.97 Å². The van der Waals surface area contributed by atoms with Gasteiger partial charge < -0.3 is 9.47 Å². The van der Waals surface area contributed by atoms with Gasteiger partial charge in [-0.3, -0.25) is 4.79 Å². The minimum atomic E-state index is -3.58. The number of carbonyl (C=O) groups excluding carboxylic acids is 1. The van der Waals surface area contributed by atoms with Gasteiger partial charge in [-0.2, -0.15) is 8.99 Å². The highest BCUT2D eigenvalue weighted by atomic mass is 32.2. The first-order valence-corrected chi connectivity index (χ1v) is 11.2. The molecule has 1 aromatic heterocycles. The molecule has 0 N–H and O–H groups in total. The van der Waals surface area contributed by atoms with E-state index in [1.807, 2.05) is 0 Å². The second-order valence-corrected chi connectivity index (χ2v) is 8.86. The molecular weight excluding hydrogens is 436 g/mol. The van der Waals surface area contributed by atoms with Crippen LogP contribution in [0.25, 0.3) is 17.0 Å². The van der Waals surface area contributed by atoms with E-state index in [4.69, 9.17) is 9.47 Å². The lowest BCUT2D eigenvalue weighted by Gasteiger charge is -2.26. The van der Waals surface area contributed by atoms with Crippen molar-refractivity contribution in [2.75, 3.05) is 26.3 Å². The summed E-state index contributed by atoms with van der Waals surface area (Å²) < 4.78 is 37.9. The molecule has 4 rings (SSSR count). The zero-order valence-electron chi connectivity index (χ0n) is 17.0. The molecule has 11 heteroatoms. The number of carbonyl (C=O) groups is 1. The molecule has 10 nitrogen and oxygen atoms in total. The maximum Gasteiger partial charge on any atom is 0.332 e. The van der Waals surface area contributed by atoms with Crippen molar-refractivity contribution in [3.05, 3.63) is 70.5 Å². The van der Waals surface area contributed by atoms with Crippen LogP contribution in [-0.4, -0.2) is 60.0 Å². The second kappa shape index (κ2) is 9.39. The van der Waals surface area contributed by atoms with E-state index in [9.17, 15) is 18.0 Å². The van der Waals surface area contributed by atoms with Gasteiger partial charge in [0.25, 0.3) is 5.56 Å². The summed E-state index contributed by atoms with van der Waals surface area (Å²) in [5.41, 5.74) is 0.661. The van der Waals surface area contributed by atoms with Gasteiger partial charge in [0.1, 0.15) is 5.52 Å². The fourth-order valence-electron chi connectivity index (χ4n) is 3.13. The largest absolute Gasteiger partial charge is 0.439 e. The van der Waals surface area contributed by atoms with Crippen LogP contribution in [0.4, 0.5) is 0 Å². The third-order valence-electron chi connectivity index (χ3n) is 4.86. The number of aromatic nitrogens is 3. The third kappa shape index (κ3) is 4.74. The normalized spacial score (nSPS) is 15.2. The van der Waals surface area contributed by atoms with Crippen molar-refractivity contribution in [2.24, 2.45) is 0 Å². The molecule has 3 aromatic rings. The van der Waals surface area contributed by atoms with Gasteiger partial charge in [0.15, 0.2) is 6.73 Å². The van der Waals surface area contributed by atoms with Gasteiger partial charge in [0.2, 0.25) is 10.0 Å². The molecule has 1 fully saturated rings. The quantitative estimate of drug-likeness (QED) is 0.398. The van der Waals surface area contributed by atoms with Crippen LogP contribution in [0, 0.1) is 0 Å². The summed E-state index contributed by atoms with van der Waals surface area (Å²) in [6, 6.07) is 12.9. The Morgan fingerprint density at radius 3 is 2.56 bits per heavy atom. The molecule has 0 bridgehead atoms. The van der Waals surface area contributed by atoms with E-state index in [0.717, 1.165) is 4.68 Å². The van der Waals surface area contributed by atoms with Crippen molar-refractivity contribution in [1.82, 2.24) is 19.3 Å². The van der Waals surface area contributed by atoms with Crippen molar-refractivity contribution in [3.63, 3.8) is 0 Å². The first-order chi connectivity index (χ1) is 15.4. The van der Waals surface area contributed by atoms with Crippen LogP contribution in [0.3, 0.4) is 0 Å². The number of hydrogen-bond donors (Lipinski definition) is 0. The van der Waals surface area contributed by atoms with Crippen molar-refractivity contribution in [3.8, 4) is 0 Å². The third-order valence-corrected chi connectivity index (χ3v) is 6.77. The zero-order chi connectivity index (χ0) is 22.6. The summed E-state index contributed by atoms with van der Waals surface area (Å²) in [6.07, 6.45) is 2.67. The summed E-state index contributed by atoms with van der Waals surface area (Å²) in [4.78, 5) is 24.5. The standard InChI is InChI=1S/C21H20N4O6S/c26-20(31-15-25-21(27)18-3-1-2-4-19(18)22-23-25)10-7-16-5-8-17(9-6-16)32(28,29)24-11-13-30-14-12-24/h1-10H,11-15H2. The fourth-order valence-corrected chi connectivity index (χ4v) is 4.54. The minimum Gasteiger partial charge on any atom is -0.439 e. The van der Waals surface area contributed by atoms with E-state index >= 15 is 0 Å². The van der Waals surface area contributed by atoms with Crippen LogP contribution in [0.15, 0.2) is 64.3 Å². The fraction of sp³-hybridized carbons (Fsp3) is 0.238. The molecule has 2 heterocycles. The van der Waals surface area contributed by atoms with Crippen molar-refractivity contribution in [2.45, 2.75) is 11.6 Å². The van der Waals surface area contributed by atoms with Gasteiger partial charge in [-0.05, 0) is 35.9 Å². The Kier molecular flexibility index (Phi) is 6.40. The van der Waals surface area contributed by atoms with E-state index in [1.54, 1.807) is 36.4 Å². The number of rotatable bonds is 6. The molecule has 0 saturated carbocycles. The van der Waals surface area contributed by atoms with Gasteiger partial charge in [-0.1, -0.05) is 29.5 Å². The van der Waals surface area contributed by atoms with Crippen LogP contribution in [0.5, 0.6) is 0 Å². The Labute approximate surface area is 183 Å². The molecule has 0 unspecified atom stereocenters. The van der Waals surface area contributed by atoms with Gasteiger partial charge in [0, 0.05) is 19.2 Å². The topological polar surface area (TPSA) is 121 Å². The van der Waals surface area contributed by atoms with E-state index in [2.05, 4.69) is 10.3 Å². The highest BCUT2D eigenvalue weighted by molar-refractivity contribution is 7.89. The molecule has 0 spiro atoms. The number of ether oxygens (including phenoxy) is 2. The Hall–Kier alpha value is -3.41. The van der Waals surface area contributed by atoms with Crippen LogP contribution in [0.1, 0.15) is 5.56 Å². The van der Waals surface area contributed by atoms with Crippen molar-refractivity contribution >= 4 is 33.0 Å². The van der Waals surface area contributed by atoms with E-state index in [1.165, 1.54) is 28.6 Å². The number of nitrogens with zero attached hydrogens (tertiary/aromatic N) is 4. The lowest BCUT2D eigenvalue weighted by molar-refractivity contribution is -0.141. The van der Waals surface area contributed by atoms with Crippen molar-refractivity contribution in [1.29, 1.82) is 0 Å². The predicted octanol–water partition coefficient (Wildman–Crippen LogP) is 1.03. The number of esters is 1. The zero-order valence-corrected chi connectivity index (χ0v) is 17.8. The molecular formula is C21H20N4O6S. The Balaban J connectivity index is 1.37. The van der Waals surface area contributed by atoms with Crippen LogP contribution < -0.4 is 5.56 Å². The molecule has 166 valence electrons. The second-order valence-electron chi connectivity index (χ2n) is 6.92. The predicted molar refractivity (Wildman–Crippen MR) is 115 cm³/mol. The smallest absolute Gasteiger partial charge is 0.332 e. The van der Waals surface area contributed by atoms with E-state index < -0.39 is 21.6 Å². The molecule has 0 amide bonds. The minimum absolute atomic E-state index is 0.174. The van der Waals surface area contributed by atoms with E-state index in [-0.39, 0.29) is 11.6 Å². The number of hydrogen-bond acceptors (Lipinski definition) is 8. The summed E-state index contributed by atoms with van der Waals surface area (Å²) >= 11 is 0. The van der Waals surface area contributed by atoms with Crippen LogP contribution in [-0.2, 0) is 31.0 Å². The molecule has 1 aliphatic rings. The van der Waals surface area contributed by atoms with Crippen LogP contribution >= 0.6 is 0 Å². The first-order valence-electron chi connectivity index (χ1n) is 9.80. The molecule has 0 aliphatic carbocycles. The summed E-state index contributed by atoms with van der Waals surface area (Å²) in [6.45, 7) is 1.01. The summed E-state index contributed by atoms with van der Waals surface area (Å²) in [5.74, 6) is -0.683. The monoisotopic (exact) mass is 456 g/mol. The lowest BCUT2D eigenvalue weighted by Crippen LogP contribution is -2.40. The molecule has 0 atom stereocenters. The number of benzene rings is 2. The highest BCUT2D eigenvalue weighted by Crippen LogP contribution is 2.18. The number of sulfonamides is 1. The average molecular weight is 456 g/mol. The highest BCUT2D eigenvalue weighted by Gasteiger charge is 2.25. The lowest BCUT2D eigenvalue weighted by atomic mass is 10.2. The molecule has 1 aliphatic heterocycles. The maximum absolute atomic E-state index is 12.6. The van der Waals surface area contributed by atoms with Crippen molar-refractivity contribution < 1.29 is 22.7 Å². The molecule has 32 heavy (non-hydrogen) atoms. The Bertz CT molecular complexity index is 1310. The van der Waals surface area contributed by atoms with Gasteiger partial charge in [0.05, 0.1) is 23.5 Å². The molecule has 1 saturated heterocycles. The number of morpholine rings is 1. The average Bonchev–Trinajstić information content (AvgIpc) is 2.83. The first kappa shape index (κ1) is 21.8. The SMILES string of the molecule is O=C(C=Cc1ccc(S(=O)(=O)N2CCOCC2)cc1)OCn1nnc2ccccc2c1=O. The van der Waals surface area contributed by atoms with Gasteiger partial charge in [-0.25, -0.2) is 13.2 Å². The van der Waals surface area contributed by atoms with Gasteiger partial charge in [-0.15, -0.1) is 5.10 Å². The Morgan fingerprint density at radius 2 is 1.81 bits per heavy atom. The number of fused-ring (bicyclic) bond motifs is 1. The van der Waals surface area contributed by atoms with Crippen LogP contribution in [0.2, 0.25) is 0 Å². The van der Waals surface area contributed by atoms with E-state index in [0.29, 0.717) is 42.8 Å². The molecule has 2 aromatic carbocycles. The summed E-state index contributed by atoms with van der Waals surface area (Å²) in [5, 5.41) is 8.05. The molecule has 0 radical (unpaired) electrons. The summed E-state index contributed by atoms with van der Waals surface area (Å²) in [7, 11) is -3.58.